The number of benzene rings is 1. The van der Waals surface area contributed by atoms with Crippen LogP contribution in [0.5, 0.6) is 0 Å². The van der Waals surface area contributed by atoms with Crippen LogP contribution in [-0.2, 0) is 16.4 Å². The van der Waals surface area contributed by atoms with Crippen LogP contribution in [0.25, 0.3) is 0 Å². The van der Waals surface area contributed by atoms with Crippen molar-refractivity contribution in [3.8, 4) is 0 Å². The van der Waals surface area contributed by atoms with E-state index >= 15 is 0 Å². The minimum absolute atomic E-state index is 0.130. The van der Waals surface area contributed by atoms with E-state index in [9.17, 15) is 8.42 Å². The van der Waals surface area contributed by atoms with E-state index in [0.29, 0.717) is 5.92 Å². The van der Waals surface area contributed by atoms with Crippen molar-refractivity contribution in [3.05, 3.63) is 78.6 Å². The Hall–Kier alpha value is -2.93. The van der Waals surface area contributed by atoms with Gasteiger partial charge in [-0.2, -0.15) is 0 Å². The van der Waals surface area contributed by atoms with Gasteiger partial charge in [0.25, 0.3) is 10.0 Å². The second-order valence-corrected chi connectivity index (χ2v) is 8.98. The number of pyridine rings is 2. The zero-order valence-corrected chi connectivity index (χ0v) is 16.9. The van der Waals surface area contributed by atoms with Gasteiger partial charge >= 0.3 is 0 Å². The molecule has 0 amide bonds. The smallest absolute Gasteiger partial charge is 0.264 e. The first kappa shape index (κ1) is 19.4. The molecule has 150 valence electrons. The summed E-state index contributed by atoms with van der Waals surface area (Å²) in [5.74, 6) is 1.79. The van der Waals surface area contributed by atoms with Gasteiger partial charge in [-0.3, -0.25) is 4.72 Å². The molecule has 2 aromatic heterocycles. The van der Waals surface area contributed by atoms with Gasteiger partial charge in [0.2, 0.25) is 0 Å². The first-order valence-corrected chi connectivity index (χ1v) is 11.3. The van der Waals surface area contributed by atoms with Gasteiger partial charge in [-0.25, -0.2) is 18.4 Å². The molecule has 0 unspecified atom stereocenters. The molecule has 0 radical (unpaired) electrons. The quantitative estimate of drug-likeness (QED) is 0.673. The number of nitrogens with zero attached hydrogens (tertiary/aromatic N) is 3. The van der Waals surface area contributed by atoms with Crippen LogP contribution in [0, 0.1) is 5.92 Å². The number of rotatable bonds is 6. The highest BCUT2D eigenvalue weighted by molar-refractivity contribution is 7.92. The molecule has 29 heavy (non-hydrogen) atoms. The fourth-order valence-electron chi connectivity index (χ4n) is 3.65. The lowest BCUT2D eigenvalue weighted by molar-refractivity contribution is 0.402. The predicted octanol–water partition coefficient (Wildman–Crippen LogP) is 3.74. The Labute approximate surface area is 171 Å². The Balaban J connectivity index is 1.36. The van der Waals surface area contributed by atoms with Gasteiger partial charge in [-0.05, 0) is 55.0 Å². The molecule has 0 spiro atoms. The molecule has 0 atom stereocenters. The molecule has 0 bridgehead atoms. The summed E-state index contributed by atoms with van der Waals surface area (Å²) in [4.78, 5) is 10.8. The molecule has 1 aliphatic rings. The number of hydrogen-bond donors (Lipinski definition) is 1. The molecule has 1 aromatic carbocycles. The topological polar surface area (TPSA) is 75.2 Å². The third-order valence-corrected chi connectivity index (χ3v) is 6.58. The van der Waals surface area contributed by atoms with E-state index in [-0.39, 0.29) is 10.7 Å². The van der Waals surface area contributed by atoms with Crippen molar-refractivity contribution in [2.75, 3.05) is 22.7 Å². The Morgan fingerprint density at radius 2 is 1.69 bits per heavy atom. The maximum atomic E-state index is 12.5. The molecule has 4 rings (SSSR count). The molecule has 3 heterocycles. The first-order chi connectivity index (χ1) is 14.1. The molecule has 1 aliphatic heterocycles. The second-order valence-electron chi connectivity index (χ2n) is 7.29. The van der Waals surface area contributed by atoms with E-state index < -0.39 is 10.0 Å². The van der Waals surface area contributed by atoms with Crippen molar-refractivity contribution in [2.45, 2.75) is 24.2 Å². The molecule has 1 fully saturated rings. The molecule has 1 saturated heterocycles. The minimum atomic E-state index is -3.70. The highest BCUT2D eigenvalue weighted by Gasteiger charge is 2.21. The number of aromatic nitrogens is 2. The number of sulfonamides is 1. The molecule has 0 saturated carbocycles. The van der Waals surface area contributed by atoms with Gasteiger partial charge in [0.05, 0.1) is 0 Å². The maximum Gasteiger partial charge on any atom is 0.264 e. The van der Waals surface area contributed by atoms with Gasteiger partial charge < -0.3 is 4.90 Å². The highest BCUT2D eigenvalue weighted by Crippen LogP contribution is 2.25. The summed E-state index contributed by atoms with van der Waals surface area (Å²) in [7, 11) is -3.70. The molecule has 0 aliphatic carbocycles. The molecule has 6 nitrogen and oxygen atoms in total. The van der Waals surface area contributed by atoms with Crippen molar-refractivity contribution >= 4 is 21.7 Å². The molecule has 1 N–H and O–H groups in total. The van der Waals surface area contributed by atoms with Crippen LogP contribution in [0.2, 0.25) is 0 Å². The Morgan fingerprint density at radius 1 is 0.931 bits per heavy atom. The summed E-state index contributed by atoms with van der Waals surface area (Å²) in [5.41, 5.74) is 1.39. The fraction of sp³-hybridized carbons (Fsp3) is 0.273. The molecule has 7 heteroatoms. The van der Waals surface area contributed by atoms with Gasteiger partial charge in [-0.1, -0.05) is 36.4 Å². The SMILES string of the molecule is O=S(=O)(Nc1ccccn1)c1ccc(N2CCC(Cc3ccccc3)CC2)nc1. The van der Waals surface area contributed by atoms with E-state index in [0.717, 1.165) is 38.2 Å². The number of hydrogen-bond acceptors (Lipinski definition) is 5. The van der Waals surface area contributed by atoms with Crippen molar-refractivity contribution in [2.24, 2.45) is 5.92 Å². The van der Waals surface area contributed by atoms with Crippen molar-refractivity contribution in [1.29, 1.82) is 0 Å². The molecular weight excluding hydrogens is 384 g/mol. The Kier molecular flexibility index (Phi) is 5.76. The van der Waals surface area contributed by atoms with Gasteiger partial charge in [-0.15, -0.1) is 0 Å². The fourth-order valence-corrected chi connectivity index (χ4v) is 4.60. The van der Waals surface area contributed by atoms with Crippen LogP contribution in [0.15, 0.2) is 78.0 Å². The Morgan fingerprint density at radius 3 is 2.34 bits per heavy atom. The molecule has 3 aromatic rings. The van der Waals surface area contributed by atoms with Gasteiger partial charge in [0.1, 0.15) is 16.5 Å². The third-order valence-electron chi connectivity index (χ3n) is 5.24. The van der Waals surface area contributed by atoms with Crippen LogP contribution in [0.1, 0.15) is 18.4 Å². The Bertz CT molecular complexity index is 1020. The lowest BCUT2D eigenvalue weighted by Gasteiger charge is -2.33. The largest absolute Gasteiger partial charge is 0.357 e. The zero-order chi connectivity index (χ0) is 20.1. The monoisotopic (exact) mass is 408 g/mol. The third kappa shape index (κ3) is 4.92. The van der Waals surface area contributed by atoms with E-state index in [2.05, 4.69) is 43.9 Å². The van der Waals surface area contributed by atoms with Crippen LogP contribution in [0.4, 0.5) is 11.6 Å². The van der Waals surface area contributed by atoms with Crippen molar-refractivity contribution < 1.29 is 8.42 Å². The number of nitrogens with one attached hydrogen (secondary N) is 1. The first-order valence-electron chi connectivity index (χ1n) is 9.79. The van der Waals surface area contributed by atoms with Crippen LogP contribution in [0.3, 0.4) is 0 Å². The summed E-state index contributed by atoms with van der Waals surface area (Å²) in [6, 6.07) is 19.1. The van der Waals surface area contributed by atoms with E-state index in [1.807, 2.05) is 6.07 Å². The normalized spacial score (nSPS) is 15.2. The summed E-state index contributed by atoms with van der Waals surface area (Å²) < 4.78 is 27.5. The average molecular weight is 409 g/mol. The molecular formula is C22H24N4O2S. The standard InChI is InChI=1S/C22H24N4O2S/c27-29(28,25-21-8-4-5-13-23-21)20-9-10-22(24-17-20)26-14-11-19(12-15-26)16-18-6-2-1-3-7-18/h1-10,13,17,19H,11-12,14-16H2,(H,23,25). The van der Waals surface area contributed by atoms with Crippen LogP contribution in [-0.4, -0.2) is 31.5 Å². The van der Waals surface area contributed by atoms with Crippen LogP contribution < -0.4 is 9.62 Å². The lowest BCUT2D eigenvalue weighted by Crippen LogP contribution is -2.34. The van der Waals surface area contributed by atoms with E-state index in [1.165, 1.54) is 11.8 Å². The van der Waals surface area contributed by atoms with Gasteiger partial charge in [0.15, 0.2) is 0 Å². The lowest BCUT2D eigenvalue weighted by atomic mass is 9.90. The highest BCUT2D eigenvalue weighted by atomic mass is 32.2. The summed E-state index contributed by atoms with van der Waals surface area (Å²) in [6.45, 7) is 1.87. The number of anilines is 2. The van der Waals surface area contributed by atoms with Crippen LogP contribution >= 0.6 is 0 Å². The summed E-state index contributed by atoms with van der Waals surface area (Å²) in [6.07, 6.45) is 6.28. The second kappa shape index (κ2) is 8.61. The minimum Gasteiger partial charge on any atom is -0.357 e. The van der Waals surface area contributed by atoms with Gasteiger partial charge in [0, 0.05) is 25.5 Å². The zero-order valence-electron chi connectivity index (χ0n) is 16.1. The van der Waals surface area contributed by atoms with Crippen molar-refractivity contribution in [1.82, 2.24) is 9.97 Å². The summed E-state index contributed by atoms with van der Waals surface area (Å²) >= 11 is 0. The average Bonchev–Trinajstić information content (AvgIpc) is 2.76. The van der Waals surface area contributed by atoms with E-state index in [1.54, 1.807) is 36.5 Å². The predicted molar refractivity (Wildman–Crippen MR) is 114 cm³/mol. The summed E-state index contributed by atoms with van der Waals surface area (Å²) in [5, 5.41) is 0. The number of piperidine rings is 1. The maximum absolute atomic E-state index is 12.5. The van der Waals surface area contributed by atoms with Crippen molar-refractivity contribution in [3.63, 3.8) is 0 Å². The van der Waals surface area contributed by atoms with E-state index in [4.69, 9.17) is 0 Å².